The van der Waals surface area contributed by atoms with Crippen LogP contribution in [0.15, 0.2) is 29.2 Å². The maximum Gasteiger partial charge on any atom is 0.255 e. The second-order valence-corrected chi connectivity index (χ2v) is 9.83. The molecular formula is C22H34N2O4S. The van der Waals surface area contributed by atoms with Crippen LogP contribution < -0.4 is 5.32 Å². The summed E-state index contributed by atoms with van der Waals surface area (Å²) < 4.78 is 25.1. The molecule has 0 spiro atoms. The average molecular weight is 423 g/mol. The molecule has 29 heavy (non-hydrogen) atoms. The molecule has 1 heterocycles. The van der Waals surface area contributed by atoms with Crippen LogP contribution in [0, 0.1) is 5.92 Å². The molecule has 2 rings (SSSR count). The standard InChI is InChI=1S/C22H34N2O4S/c1-3-5-6-9-14-23-21(25)18-11-10-15-24(17-18)22(26)19-12-7-8-13-20(19)29(27,28)16-4-2/h7-8,12-13,18H,3-6,9-11,14-17H2,1-2H3,(H,23,25). The van der Waals surface area contributed by atoms with Gasteiger partial charge in [-0.2, -0.15) is 0 Å². The summed E-state index contributed by atoms with van der Waals surface area (Å²) in [7, 11) is -3.50. The van der Waals surface area contributed by atoms with Crippen LogP contribution in [0.25, 0.3) is 0 Å². The molecule has 1 N–H and O–H groups in total. The minimum Gasteiger partial charge on any atom is -0.356 e. The maximum absolute atomic E-state index is 13.1. The second kappa shape index (κ2) is 11.3. The van der Waals surface area contributed by atoms with Crippen LogP contribution in [0.3, 0.4) is 0 Å². The van der Waals surface area contributed by atoms with Crippen LogP contribution >= 0.6 is 0 Å². The first-order valence-electron chi connectivity index (χ1n) is 10.8. The zero-order chi connectivity index (χ0) is 21.3. The third kappa shape index (κ3) is 6.56. The van der Waals surface area contributed by atoms with Gasteiger partial charge in [-0.1, -0.05) is 45.2 Å². The van der Waals surface area contributed by atoms with E-state index in [1.165, 1.54) is 12.5 Å². The Morgan fingerprint density at radius 2 is 1.86 bits per heavy atom. The predicted molar refractivity (Wildman–Crippen MR) is 115 cm³/mol. The van der Waals surface area contributed by atoms with Crippen molar-refractivity contribution in [3.8, 4) is 0 Å². The fourth-order valence-electron chi connectivity index (χ4n) is 3.75. The summed E-state index contributed by atoms with van der Waals surface area (Å²) in [5.41, 5.74) is 0.210. The van der Waals surface area contributed by atoms with E-state index in [0.717, 1.165) is 32.1 Å². The Bertz CT molecular complexity index is 792. The van der Waals surface area contributed by atoms with Crippen LogP contribution in [0.4, 0.5) is 0 Å². The summed E-state index contributed by atoms with van der Waals surface area (Å²) >= 11 is 0. The Hall–Kier alpha value is -1.89. The summed E-state index contributed by atoms with van der Waals surface area (Å²) in [4.78, 5) is 27.3. The normalized spacial score (nSPS) is 17.2. The number of unbranched alkanes of at least 4 members (excludes halogenated alkanes) is 3. The smallest absolute Gasteiger partial charge is 0.255 e. The Balaban J connectivity index is 2.04. The number of piperidine rings is 1. The molecule has 0 radical (unpaired) electrons. The molecule has 162 valence electrons. The molecule has 1 saturated heterocycles. The number of carbonyl (C=O) groups is 2. The highest BCUT2D eigenvalue weighted by Gasteiger charge is 2.31. The summed E-state index contributed by atoms with van der Waals surface area (Å²) in [5.74, 6) is -0.537. The lowest BCUT2D eigenvalue weighted by Gasteiger charge is -2.32. The first-order chi connectivity index (χ1) is 13.9. The molecule has 1 fully saturated rings. The molecule has 1 aromatic carbocycles. The monoisotopic (exact) mass is 422 g/mol. The third-order valence-electron chi connectivity index (χ3n) is 5.33. The van der Waals surface area contributed by atoms with E-state index in [1.54, 1.807) is 30.0 Å². The van der Waals surface area contributed by atoms with Crippen LogP contribution in [0.2, 0.25) is 0 Å². The number of carbonyl (C=O) groups excluding carboxylic acids is 2. The number of amides is 2. The summed E-state index contributed by atoms with van der Waals surface area (Å²) in [6, 6.07) is 6.40. The Morgan fingerprint density at radius 3 is 2.59 bits per heavy atom. The van der Waals surface area contributed by atoms with Crippen LogP contribution in [0.5, 0.6) is 0 Å². The lowest BCUT2D eigenvalue weighted by atomic mass is 9.96. The van der Waals surface area contributed by atoms with Gasteiger partial charge in [0.15, 0.2) is 9.84 Å². The first-order valence-corrected chi connectivity index (χ1v) is 12.4. The van der Waals surface area contributed by atoms with Crippen molar-refractivity contribution >= 4 is 21.7 Å². The number of nitrogens with one attached hydrogen (secondary N) is 1. The molecule has 0 aromatic heterocycles. The van der Waals surface area contributed by atoms with E-state index < -0.39 is 9.84 Å². The number of sulfone groups is 1. The molecule has 0 bridgehead atoms. The van der Waals surface area contributed by atoms with Crippen molar-refractivity contribution in [2.45, 2.75) is 63.7 Å². The van der Waals surface area contributed by atoms with Gasteiger partial charge < -0.3 is 10.2 Å². The van der Waals surface area contributed by atoms with E-state index in [9.17, 15) is 18.0 Å². The van der Waals surface area contributed by atoms with Gasteiger partial charge in [-0.25, -0.2) is 8.42 Å². The molecule has 7 heteroatoms. The molecule has 6 nitrogen and oxygen atoms in total. The largest absolute Gasteiger partial charge is 0.356 e. The first kappa shape index (κ1) is 23.4. The van der Waals surface area contributed by atoms with E-state index >= 15 is 0 Å². The molecule has 1 unspecified atom stereocenters. The minimum atomic E-state index is -3.50. The Kier molecular flexibility index (Phi) is 9.14. The highest BCUT2D eigenvalue weighted by atomic mass is 32.2. The maximum atomic E-state index is 13.1. The van der Waals surface area contributed by atoms with Crippen LogP contribution in [-0.4, -0.2) is 50.5 Å². The number of nitrogens with zero attached hydrogens (tertiary/aromatic N) is 1. The SMILES string of the molecule is CCCCCCNC(=O)C1CCCN(C(=O)c2ccccc2S(=O)(=O)CCC)C1. The zero-order valence-corrected chi connectivity index (χ0v) is 18.5. The van der Waals surface area contributed by atoms with Crippen molar-refractivity contribution in [2.75, 3.05) is 25.4 Å². The minimum absolute atomic E-state index is 0.00844. The van der Waals surface area contributed by atoms with Crippen LogP contribution in [0.1, 0.15) is 69.2 Å². The molecule has 1 aliphatic rings. The molecule has 1 aliphatic heterocycles. The van der Waals surface area contributed by atoms with Crippen LogP contribution in [-0.2, 0) is 14.6 Å². The quantitative estimate of drug-likeness (QED) is 0.586. The number of hydrogen-bond acceptors (Lipinski definition) is 4. The molecule has 2 amide bonds. The van der Waals surface area contributed by atoms with Gasteiger partial charge in [0.25, 0.3) is 5.91 Å². The van der Waals surface area contributed by atoms with Crippen molar-refractivity contribution < 1.29 is 18.0 Å². The van der Waals surface area contributed by atoms with Gasteiger partial charge in [0.1, 0.15) is 0 Å². The summed E-state index contributed by atoms with van der Waals surface area (Å²) in [6.07, 6.45) is 6.39. The Morgan fingerprint density at radius 1 is 1.10 bits per heavy atom. The molecule has 0 aliphatic carbocycles. The van der Waals surface area contributed by atoms with Gasteiger partial charge in [0.2, 0.25) is 5.91 Å². The van der Waals surface area contributed by atoms with E-state index in [-0.39, 0.29) is 33.9 Å². The number of hydrogen-bond donors (Lipinski definition) is 1. The third-order valence-corrected chi connectivity index (χ3v) is 7.31. The average Bonchev–Trinajstić information content (AvgIpc) is 2.73. The van der Waals surface area contributed by atoms with Crippen molar-refractivity contribution in [3.05, 3.63) is 29.8 Å². The van der Waals surface area contributed by atoms with Crippen molar-refractivity contribution in [2.24, 2.45) is 5.92 Å². The fourth-order valence-corrected chi connectivity index (χ4v) is 5.28. The van der Waals surface area contributed by atoms with Crippen molar-refractivity contribution in [1.82, 2.24) is 10.2 Å². The number of rotatable bonds is 10. The molecular weight excluding hydrogens is 388 g/mol. The van der Waals surface area contributed by atoms with E-state index in [0.29, 0.717) is 26.1 Å². The summed E-state index contributed by atoms with van der Waals surface area (Å²) in [6.45, 7) is 5.50. The van der Waals surface area contributed by atoms with Gasteiger partial charge in [0.05, 0.1) is 22.1 Å². The lowest BCUT2D eigenvalue weighted by molar-refractivity contribution is -0.126. The predicted octanol–water partition coefficient (Wildman–Crippen LogP) is 3.42. The fraction of sp³-hybridized carbons (Fsp3) is 0.636. The van der Waals surface area contributed by atoms with Gasteiger partial charge in [-0.15, -0.1) is 0 Å². The van der Waals surface area contributed by atoms with Crippen molar-refractivity contribution in [1.29, 1.82) is 0 Å². The summed E-state index contributed by atoms with van der Waals surface area (Å²) in [5, 5.41) is 2.99. The molecule has 1 aromatic rings. The van der Waals surface area contributed by atoms with Crippen molar-refractivity contribution in [3.63, 3.8) is 0 Å². The van der Waals surface area contributed by atoms with Gasteiger partial charge in [-0.3, -0.25) is 9.59 Å². The lowest BCUT2D eigenvalue weighted by Crippen LogP contribution is -2.45. The van der Waals surface area contributed by atoms with E-state index in [2.05, 4.69) is 12.2 Å². The zero-order valence-electron chi connectivity index (χ0n) is 17.7. The highest BCUT2D eigenvalue weighted by Crippen LogP contribution is 2.23. The van der Waals surface area contributed by atoms with Gasteiger partial charge in [0, 0.05) is 19.6 Å². The van der Waals surface area contributed by atoms with Gasteiger partial charge >= 0.3 is 0 Å². The van der Waals surface area contributed by atoms with E-state index in [4.69, 9.17) is 0 Å². The second-order valence-electron chi connectivity index (χ2n) is 7.76. The number of benzene rings is 1. The highest BCUT2D eigenvalue weighted by molar-refractivity contribution is 7.91. The van der Waals surface area contributed by atoms with E-state index in [1.807, 2.05) is 0 Å². The molecule has 1 atom stereocenters. The van der Waals surface area contributed by atoms with Gasteiger partial charge in [-0.05, 0) is 37.8 Å². The number of likely N-dealkylation sites (tertiary alicyclic amines) is 1. The topological polar surface area (TPSA) is 83.6 Å². The Labute approximate surface area is 175 Å². The molecule has 0 saturated carbocycles.